The number of rotatable bonds is 5. The number of furan rings is 1. The monoisotopic (exact) mass is 454 g/mol. The van der Waals surface area contributed by atoms with Gasteiger partial charge in [-0.2, -0.15) is 0 Å². The van der Waals surface area contributed by atoms with Crippen LogP contribution in [0.15, 0.2) is 62.0 Å². The van der Waals surface area contributed by atoms with Crippen molar-refractivity contribution >= 4 is 38.6 Å². The molecule has 2 heterocycles. The van der Waals surface area contributed by atoms with Gasteiger partial charge in [-0.1, -0.05) is 19.9 Å². The zero-order valence-corrected chi connectivity index (χ0v) is 17.7. The van der Waals surface area contributed by atoms with Gasteiger partial charge in [0, 0.05) is 5.56 Å². The highest BCUT2D eigenvalue weighted by atomic mass is 79.9. The van der Waals surface area contributed by atoms with Crippen LogP contribution >= 0.6 is 15.9 Å². The summed E-state index contributed by atoms with van der Waals surface area (Å²) in [5.74, 6) is 1.20. The lowest BCUT2D eigenvalue weighted by atomic mass is 10.0. The largest absolute Gasteiger partial charge is 0.495 e. The zero-order chi connectivity index (χ0) is 20.5. The highest BCUT2D eigenvalue weighted by Gasteiger charge is 2.16. The number of halogens is 1. The van der Waals surface area contributed by atoms with E-state index in [9.17, 15) is 4.79 Å². The minimum absolute atomic E-state index is 0.187. The summed E-state index contributed by atoms with van der Waals surface area (Å²) in [6, 6.07) is 14.6. The predicted octanol–water partition coefficient (Wildman–Crippen LogP) is 6.23. The van der Waals surface area contributed by atoms with Crippen molar-refractivity contribution < 1.29 is 18.4 Å². The smallest absolute Gasteiger partial charge is 0.291 e. The number of methoxy groups -OCH3 is 1. The highest BCUT2D eigenvalue weighted by molar-refractivity contribution is 9.10. The summed E-state index contributed by atoms with van der Waals surface area (Å²) in [7, 11) is 1.54. The summed E-state index contributed by atoms with van der Waals surface area (Å²) in [4.78, 5) is 17.1. The van der Waals surface area contributed by atoms with Gasteiger partial charge in [-0.05, 0) is 69.9 Å². The molecule has 4 aromatic rings. The van der Waals surface area contributed by atoms with Gasteiger partial charge in [0.1, 0.15) is 11.3 Å². The molecular formula is C22H19BrN2O4. The fraction of sp³-hybridized carbons (Fsp3) is 0.182. The third kappa shape index (κ3) is 3.91. The second-order valence-electron chi connectivity index (χ2n) is 6.87. The van der Waals surface area contributed by atoms with Crippen LogP contribution in [-0.4, -0.2) is 18.0 Å². The van der Waals surface area contributed by atoms with Crippen LogP contribution in [0, 0.1) is 0 Å². The summed E-state index contributed by atoms with van der Waals surface area (Å²) >= 11 is 3.19. The van der Waals surface area contributed by atoms with Crippen molar-refractivity contribution in [2.45, 2.75) is 19.8 Å². The molecule has 0 aliphatic rings. The van der Waals surface area contributed by atoms with E-state index < -0.39 is 0 Å². The molecule has 7 heteroatoms. The summed E-state index contributed by atoms with van der Waals surface area (Å²) < 4.78 is 17.1. The Hall–Kier alpha value is -3.06. The van der Waals surface area contributed by atoms with Crippen LogP contribution in [-0.2, 0) is 0 Å². The standard InChI is InChI=1S/C22H19BrN2O4/c1-12(2)13-4-7-18-16(10-13)25-22(29-18)14-5-6-17(27-3)15(11-14)24-21(26)19-8-9-20(23)28-19/h4-12H,1-3H3,(H,24,26). The molecule has 0 spiro atoms. The van der Waals surface area contributed by atoms with Crippen LogP contribution in [0.1, 0.15) is 35.9 Å². The quantitative estimate of drug-likeness (QED) is 0.386. The van der Waals surface area contributed by atoms with Crippen molar-refractivity contribution in [2.24, 2.45) is 0 Å². The Balaban J connectivity index is 1.69. The molecule has 1 amide bonds. The van der Waals surface area contributed by atoms with Crippen molar-refractivity contribution in [3.8, 4) is 17.2 Å². The summed E-state index contributed by atoms with van der Waals surface area (Å²) in [5.41, 5.74) is 3.93. The lowest BCUT2D eigenvalue weighted by molar-refractivity contribution is 0.0995. The van der Waals surface area contributed by atoms with E-state index in [1.807, 2.05) is 24.3 Å². The molecule has 6 nitrogen and oxygen atoms in total. The van der Waals surface area contributed by atoms with Crippen molar-refractivity contribution in [3.05, 3.63) is 64.5 Å². The zero-order valence-electron chi connectivity index (χ0n) is 16.2. The first-order chi connectivity index (χ1) is 13.9. The molecule has 0 unspecified atom stereocenters. The van der Waals surface area contributed by atoms with Gasteiger partial charge in [-0.25, -0.2) is 4.98 Å². The maximum atomic E-state index is 12.5. The molecule has 0 fully saturated rings. The lowest BCUT2D eigenvalue weighted by Gasteiger charge is -2.10. The molecule has 2 aromatic heterocycles. The van der Waals surface area contributed by atoms with Gasteiger partial charge in [0.25, 0.3) is 5.91 Å². The fourth-order valence-corrected chi connectivity index (χ4v) is 3.29. The van der Waals surface area contributed by atoms with E-state index in [4.69, 9.17) is 13.6 Å². The molecule has 0 radical (unpaired) electrons. The van der Waals surface area contributed by atoms with Crippen LogP contribution < -0.4 is 10.1 Å². The molecule has 0 atom stereocenters. The van der Waals surface area contributed by atoms with Crippen molar-refractivity contribution in [1.82, 2.24) is 4.98 Å². The maximum absolute atomic E-state index is 12.5. The topological polar surface area (TPSA) is 77.5 Å². The minimum atomic E-state index is -0.384. The molecular weight excluding hydrogens is 436 g/mol. The highest BCUT2D eigenvalue weighted by Crippen LogP contribution is 2.33. The van der Waals surface area contributed by atoms with Crippen LogP contribution in [0.4, 0.5) is 5.69 Å². The van der Waals surface area contributed by atoms with E-state index in [1.54, 1.807) is 31.4 Å². The molecule has 0 saturated carbocycles. The first kappa shape index (κ1) is 19.3. The number of aromatic nitrogens is 1. The molecule has 2 aromatic carbocycles. The van der Waals surface area contributed by atoms with E-state index >= 15 is 0 Å². The van der Waals surface area contributed by atoms with Gasteiger partial charge in [-0.3, -0.25) is 4.79 Å². The molecule has 1 N–H and O–H groups in total. The SMILES string of the molecule is COc1ccc(-c2nc3cc(C(C)C)ccc3o2)cc1NC(=O)c1ccc(Br)o1. The molecule has 29 heavy (non-hydrogen) atoms. The number of oxazole rings is 1. The normalized spacial score (nSPS) is 11.2. The number of hydrogen-bond donors (Lipinski definition) is 1. The van der Waals surface area contributed by atoms with Crippen molar-refractivity contribution in [1.29, 1.82) is 0 Å². The number of fused-ring (bicyclic) bond motifs is 1. The molecule has 0 aliphatic heterocycles. The number of nitrogens with zero attached hydrogens (tertiary/aromatic N) is 1. The summed E-state index contributed by atoms with van der Waals surface area (Å²) in [6.45, 7) is 4.27. The minimum Gasteiger partial charge on any atom is -0.495 e. The Labute approximate surface area is 176 Å². The molecule has 0 saturated heterocycles. The van der Waals surface area contributed by atoms with E-state index in [0.29, 0.717) is 33.5 Å². The van der Waals surface area contributed by atoms with Crippen LogP contribution in [0.2, 0.25) is 0 Å². The maximum Gasteiger partial charge on any atom is 0.291 e. The van der Waals surface area contributed by atoms with Gasteiger partial charge < -0.3 is 18.9 Å². The Kier molecular flexibility index (Phi) is 5.15. The third-order valence-corrected chi connectivity index (χ3v) is 5.00. The summed E-state index contributed by atoms with van der Waals surface area (Å²) in [6.07, 6.45) is 0. The number of benzene rings is 2. The van der Waals surface area contributed by atoms with Crippen LogP contribution in [0.5, 0.6) is 5.75 Å². The van der Waals surface area contributed by atoms with Gasteiger partial charge in [0.15, 0.2) is 16.0 Å². The average Bonchev–Trinajstić information content (AvgIpc) is 3.33. The molecule has 0 bridgehead atoms. The van der Waals surface area contributed by atoms with Gasteiger partial charge >= 0.3 is 0 Å². The first-order valence-corrected chi connectivity index (χ1v) is 9.89. The lowest BCUT2D eigenvalue weighted by Crippen LogP contribution is -2.11. The van der Waals surface area contributed by atoms with E-state index in [1.165, 1.54) is 5.56 Å². The molecule has 148 valence electrons. The number of carbonyl (C=O) groups excluding carboxylic acids is 1. The average molecular weight is 455 g/mol. The number of nitrogens with one attached hydrogen (secondary N) is 1. The number of carbonyl (C=O) groups is 1. The number of ether oxygens (including phenoxy) is 1. The number of hydrogen-bond acceptors (Lipinski definition) is 5. The van der Waals surface area contributed by atoms with Crippen LogP contribution in [0.3, 0.4) is 0 Å². The van der Waals surface area contributed by atoms with Gasteiger partial charge in [-0.15, -0.1) is 0 Å². The Morgan fingerprint density at radius 3 is 2.62 bits per heavy atom. The van der Waals surface area contributed by atoms with E-state index in [0.717, 1.165) is 11.1 Å². The van der Waals surface area contributed by atoms with Crippen LogP contribution in [0.25, 0.3) is 22.6 Å². The van der Waals surface area contributed by atoms with Gasteiger partial charge in [0.05, 0.1) is 12.8 Å². The molecule has 4 rings (SSSR count). The second-order valence-corrected chi connectivity index (χ2v) is 7.66. The number of anilines is 1. The van der Waals surface area contributed by atoms with E-state index in [-0.39, 0.29) is 11.7 Å². The first-order valence-electron chi connectivity index (χ1n) is 9.10. The summed E-state index contributed by atoms with van der Waals surface area (Å²) in [5, 5.41) is 2.81. The van der Waals surface area contributed by atoms with Crippen molar-refractivity contribution in [3.63, 3.8) is 0 Å². The Morgan fingerprint density at radius 2 is 1.93 bits per heavy atom. The van der Waals surface area contributed by atoms with Crippen molar-refractivity contribution in [2.75, 3.05) is 12.4 Å². The van der Waals surface area contributed by atoms with Gasteiger partial charge in [0.2, 0.25) is 5.89 Å². The third-order valence-electron chi connectivity index (χ3n) is 4.57. The van der Waals surface area contributed by atoms with E-state index in [2.05, 4.69) is 40.1 Å². The predicted molar refractivity (Wildman–Crippen MR) is 114 cm³/mol. The fourth-order valence-electron chi connectivity index (χ4n) is 2.99. The second kappa shape index (κ2) is 7.75. The molecule has 0 aliphatic carbocycles. The Bertz CT molecular complexity index is 1190. The Morgan fingerprint density at radius 1 is 1.10 bits per heavy atom. The number of amides is 1.